The Hall–Kier alpha value is -0.400. The molecule has 2 rings (SSSR count). The van der Waals surface area contributed by atoms with Gasteiger partial charge in [-0.2, -0.15) is 0 Å². The third-order valence-electron chi connectivity index (χ3n) is 3.93. The summed E-state index contributed by atoms with van der Waals surface area (Å²) in [5, 5.41) is 67.9. The number of rotatable bonds is 4. The molecule has 10 nitrogen and oxygen atoms in total. The second-order valence-electron chi connectivity index (χ2n) is 5.45. The van der Waals surface area contributed by atoms with Crippen LogP contribution in [-0.4, -0.2) is 97.3 Å². The lowest BCUT2D eigenvalue weighted by molar-refractivity contribution is -0.442. The summed E-state index contributed by atoms with van der Waals surface area (Å²) in [5.74, 6) is -2.66. The minimum absolute atomic E-state index is 0.276. The lowest BCUT2D eigenvalue weighted by atomic mass is 9.99. The summed E-state index contributed by atoms with van der Waals surface area (Å²) in [5.41, 5.74) is 0. The van der Waals surface area contributed by atoms with Crippen LogP contribution in [0.4, 0.5) is 0 Å². The largest absolute Gasteiger partial charge is 0.394 e. The predicted octanol–water partition coefficient (Wildman–Crippen LogP) is -4.02. The molecule has 0 aliphatic carbocycles. The Bertz CT molecular complexity index is 379. The Morgan fingerprint density at radius 1 is 0.955 bits per heavy atom. The van der Waals surface area contributed by atoms with Crippen molar-refractivity contribution in [3.63, 3.8) is 0 Å². The van der Waals surface area contributed by atoms with E-state index in [0.29, 0.717) is 0 Å². The van der Waals surface area contributed by atoms with Crippen molar-refractivity contribution in [1.29, 1.82) is 0 Å². The molecule has 22 heavy (non-hydrogen) atoms. The van der Waals surface area contributed by atoms with E-state index in [9.17, 15) is 30.6 Å². The number of hydrogen-bond acceptors (Lipinski definition) is 10. The van der Waals surface area contributed by atoms with Gasteiger partial charge in [-0.25, -0.2) is 0 Å². The van der Waals surface area contributed by atoms with Gasteiger partial charge in [0, 0.05) is 0 Å². The smallest absolute Gasteiger partial charge is 0.313 e. The summed E-state index contributed by atoms with van der Waals surface area (Å²) < 4.78 is 15.1. The molecule has 2 aliphatic rings. The predicted molar refractivity (Wildman–Crippen MR) is 67.0 cm³/mol. The average Bonchev–Trinajstić information content (AvgIpc) is 2.72. The molecular weight excluding hydrogens is 304 g/mol. The zero-order chi connectivity index (χ0) is 16.7. The Morgan fingerprint density at radius 3 is 2.09 bits per heavy atom. The fourth-order valence-electron chi connectivity index (χ4n) is 2.53. The highest BCUT2D eigenvalue weighted by Crippen LogP contribution is 2.35. The zero-order valence-corrected chi connectivity index (χ0v) is 11.9. The first kappa shape index (κ1) is 17.9. The summed E-state index contributed by atoms with van der Waals surface area (Å²) >= 11 is 0. The Kier molecular flexibility index (Phi) is 5.39. The second kappa shape index (κ2) is 6.61. The maximum Gasteiger partial charge on any atom is 0.313 e. The van der Waals surface area contributed by atoms with Crippen LogP contribution in [-0.2, 0) is 14.2 Å². The minimum atomic E-state index is -2.66. The van der Waals surface area contributed by atoms with Crippen LogP contribution in [0.25, 0.3) is 0 Å². The molecule has 2 saturated heterocycles. The Labute approximate surface area is 126 Å². The minimum Gasteiger partial charge on any atom is -0.394 e. The first-order valence-electron chi connectivity index (χ1n) is 6.99. The number of ether oxygens (including phenoxy) is 3. The molecule has 130 valence electrons. The van der Waals surface area contributed by atoms with Crippen LogP contribution in [0, 0.1) is 0 Å². The fraction of sp³-hybridized carbons (Fsp3) is 1.00. The van der Waals surface area contributed by atoms with Crippen molar-refractivity contribution in [3.8, 4) is 0 Å². The van der Waals surface area contributed by atoms with Gasteiger partial charge in [0.1, 0.15) is 30.5 Å². The van der Waals surface area contributed by atoms with E-state index < -0.39 is 61.6 Å². The van der Waals surface area contributed by atoms with Gasteiger partial charge in [-0.3, -0.25) is 4.74 Å². The normalized spacial score (nSPS) is 52.9. The van der Waals surface area contributed by atoms with Crippen LogP contribution in [0.5, 0.6) is 0 Å². The Morgan fingerprint density at radius 2 is 1.59 bits per heavy atom. The lowest BCUT2D eigenvalue weighted by Gasteiger charge is -2.42. The summed E-state index contributed by atoms with van der Waals surface area (Å²) in [6, 6.07) is 0. The molecule has 2 unspecified atom stereocenters. The number of aliphatic hydroxyl groups excluding tert-OH is 6. The average molecular weight is 326 g/mol. The van der Waals surface area contributed by atoms with Gasteiger partial charge in [-0.1, -0.05) is 6.92 Å². The highest BCUT2D eigenvalue weighted by atomic mass is 16.9. The SMILES string of the molecule is CC[C@H]1O[C@@](O)(OC2OC(CO)[C@@H](O)[C@H](O)[C@H]2O)[C@@H](O)[C@@H]1O. The van der Waals surface area contributed by atoms with Crippen molar-refractivity contribution in [2.45, 2.75) is 68.3 Å². The molecule has 2 fully saturated rings. The summed E-state index contributed by atoms with van der Waals surface area (Å²) in [7, 11) is 0. The van der Waals surface area contributed by atoms with Gasteiger partial charge in [0.15, 0.2) is 12.4 Å². The van der Waals surface area contributed by atoms with Gasteiger partial charge in [0.05, 0.1) is 12.7 Å². The molecule has 0 radical (unpaired) electrons. The molecule has 7 N–H and O–H groups in total. The van der Waals surface area contributed by atoms with Crippen LogP contribution in [0.3, 0.4) is 0 Å². The van der Waals surface area contributed by atoms with E-state index in [1.165, 1.54) is 0 Å². The van der Waals surface area contributed by atoms with E-state index in [1.807, 2.05) is 0 Å². The lowest BCUT2D eigenvalue weighted by Crippen LogP contribution is -2.62. The molecule has 0 bridgehead atoms. The number of aliphatic hydroxyl groups is 7. The third-order valence-corrected chi connectivity index (χ3v) is 3.93. The molecule has 0 aromatic heterocycles. The maximum absolute atomic E-state index is 10.2. The highest BCUT2D eigenvalue weighted by Gasteiger charge is 2.57. The first-order chi connectivity index (χ1) is 10.2. The van der Waals surface area contributed by atoms with Crippen molar-refractivity contribution < 1.29 is 50.0 Å². The quantitative estimate of drug-likeness (QED) is 0.253. The summed E-state index contributed by atoms with van der Waals surface area (Å²) in [6.07, 6.45) is -11.9. The zero-order valence-electron chi connectivity index (χ0n) is 11.9. The van der Waals surface area contributed by atoms with Gasteiger partial charge in [-0.05, 0) is 6.42 Å². The van der Waals surface area contributed by atoms with Crippen molar-refractivity contribution in [3.05, 3.63) is 0 Å². The van der Waals surface area contributed by atoms with E-state index in [2.05, 4.69) is 0 Å². The van der Waals surface area contributed by atoms with Gasteiger partial charge < -0.3 is 45.2 Å². The third kappa shape index (κ3) is 2.99. The van der Waals surface area contributed by atoms with Crippen LogP contribution >= 0.6 is 0 Å². The molecule has 2 aliphatic heterocycles. The van der Waals surface area contributed by atoms with E-state index in [1.54, 1.807) is 6.92 Å². The van der Waals surface area contributed by atoms with Crippen molar-refractivity contribution in [2.24, 2.45) is 0 Å². The second-order valence-corrected chi connectivity index (χ2v) is 5.45. The highest BCUT2D eigenvalue weighted by molar-refractivity contribution is 4.93. The number of hydrogen-bond donors (Lipinski definition) is 7. The van der Waals surface area contributed by atoms with E-state index >= 15 is 0 Å². The van der Waals surface area contributed by atoms with Gasteiger partial charge in [0.25, 0.3) is 0 Å². The molecule has 0 spiro atoms. The summed E-state index contributed by atoms with van der Waals surface area (Å²) in [6.45, 7) is 0.979. The van der Waals surface area contributed by atoms with Crippen LogP contribution in [0.15, 0.2) is 0 Å². The van der Waals surface area contributed by atoms with E-state index in [4.69, 9.17) is 19.3 Å². The fourth-order valence-corrected chi connectivity index (χ4v) is 2.53. The summed E-state index contributed by atoms with van der Waals surface area (Å²) in [4.78, 5) is 0. The molecule has 2 heterocycles. The van der Waals surface area contributed by atoms with Gasteiger partial charge >= 0.3 is 5.97 Å². The Balaban J connectivity index is 2.12. The van der Waals surface area contributed by atoms with Crippen LogP contribution in [0.1, 0.15) is 13.3 Å². The van der Waals surface area contributed by atoms with Crippen LogP contribution < -0.4 is 0 Å². The van der Waals surface area contributed by atoms with E-state index in [-0.39, 0.29) is 6.42 Å². The molecule has 10 heteroatoms. The monoisotopic (exact) mass is 326 g/mol. The molecule has 0 aromatic carbocycles. The van der Waals surface area contributed by atoms with Gasteiger partial charge in [0.2, 0.25) is 0 Å². The molecule has 0 saturated carbocycles. The van der Waals surface area contributed by atoms with Gasteiger partial charge in [-0.15, -0.1) is 0 Å². The maximum atomic E-state index is 10.2. The van der Waals surface area contributed by atoms with Crippen molar-refractivity contribution in [2.75, 3.05) is 6.61 Å². The standard InChI is InChI=1S/C12H22O10/c1-2-4-7(15)10(18)12(19,21-4)22-11-9(17)8(16)6(14)5(3-13)20-11/h4-11,13-19H,2-3H2,1H3/t4-,5?,6-,7-,8+,9-,10+,11?,12-/m1/s1. The van der Waals surface area contributed by atoms with Crippen LogP contribution in [0.2, 0.25) is 0 Å². The van der Waals surface area contributed by atoms with Crippen molar-refractivity contribution >= 4 is 0 Å². The van der Waals surface area contributed by atoms with Crippen molar-refractivity contribution in [1.82, 2.24) is 0 Å². The molecule has 0 amide bonds. The molecule has 0 aromatic rings. The molecular formula is C12H22O10. The van der Waals surface area contributed by atoms with E-state index in [0.717, 1.165) is 0 Å². The topological polar surface area (TPSA) is 169 Å². The molecule has 9 atom stereocenters. The first-order valence-corrected chi connectivity index (χ1v) is 6.99.